The molecule has 0 bridgehead atoms. The van der Waals surface area contributed by atoms with Gasteiger partial charge in [0.15, 0.2) is 0 Å². The van der Waals surface area contributed by atoms with E-state index >= 15 is 0 Å². The Morgan fingerprint density at radius 2 is 2.10 bits per heavy atom. The molecular weight excluding hydrogens is 266 g/mol. The molecule has 1 N–H and O–H groups in total. The van der Waals surface area contributed by atoms with Gasteiger partial charge in [-0.25, -0.2) is 0 Å². The average Bonchev–Trinajstić information content (AvgIpc) is 2.46. The van der Waals surface area contributed by atoms with Crippen LogP contribution in [0.5, 0.6) is 5.75 Å². The predicted octanol–water partition coefficient (Wildman–Crippen LogP) is 3.47. The minimum absolute atomic E-state index is 0.127. The highest BCUT2D eigenvalue weighted by atomic mass is 16.5. The second-order valence-electron chi connectivity index (χ2n) is 4.80. The Morgan fingerprint density at radius 3 is 2.76 bits per heavy atom. The molecule has 2 rings (SSSR count). The highest BCUT2D eigenvalue weighted by Crippen LogP contribution is 2.23. The molecule has 1 heterocycles. The number of ether oxygens (including phenoxy) is 1. The summed E-state index contributed by atoms with van der Waals surface area (Å²) >= 11 is 0. The van der Waals surface area contributed by atoms with Crippen molar-refractivity contribution in [1.82, 2.24) is 4.98 Å². The van der Waals surface area contributed by atoms with Crippen LogP contribution < -0.4 is 4.74 Å². The third kappa shape index (κ3) is 4.05. The van der Waals surface area contributed by atoms with Gasteiger partial charge in [-0.05, 0) is 44.0 Å². The number of rotatable bonds is 6. The molecule has 110 valence electrons. The van der Waals surface area contributed by atoms with Crippen LogP contribution in [0.1, 0.15) is 24.6 Å². The quantitative estimate of drug-likeness (QED) is 0.882. The van der Waals surface area contributed by atoms with Crippen molar-refractivity contribution >= 4 is 5.97 Å². The molecule has 0 aliphatic carbocycles. The van der Waals surface area contributed by atoms with Gasteiger partial charge in [0.1, 0.15) is 5.75 Å². The first-order chi connectivity index (χ1) is 10.1. The fourth-order valence-electron chi connectivity index (χ4n) is 2.17. The van der Waals surface area contributed by atoms with Gasteiger partial charge in [-0.15, -0.1) is 0 Å². The maximum atomic E-state index is 10.6. The monoisotopic (exact) mass is 285 g/mol. The van der Waals surface area contributed by atoms with Crippen LogP contribution in [0.25, 0.3) is 11.3 Å². The van der Waals surface area contributed by atoms with Crippen molar-refractivity contribution in [3.05, 3.63) is 47.7 Å². The fourth-order valence-corrected chi connectivity index (χ4v) is 2.17. The Balaban J connectivity index is 2.23. The van der Waals surface area contributed by atoms with Gasteiger partial charge in [-0.1, -0.05) is 18.2 Å². The van der Waals surface area contributed by atoms with Crippen LogP contribution in [0.3, 0.4) is 0 Å². The predicted molar refractivity (Wildman–Crippen MR) is 81.5 cm³/mol. The third-order valence-electron chi connectivity index (χ3n) is 3.24. The van der Waals surface area contributed by atoms with E-state index in [0.717, 1.165) is 28.3 Å². The van der Waals surface area contributed by atoms with Gasteiger partial charge in [0.2, 0.25) is 0 Å². The topological polar surface area (TPSA) is 59.4 Å². The van der Waals surface area contributed by atoms with Crippen LogP contribution in [0.4, 0.5) is 0 Å². The number of aromatic nitrogens is 1. The largest absolute Gasteiger partial charge is 0.494 e. The van der Waals surface area contributed by atoms with Gasteiger partial charge < -0.3 is 9.84 Å². The van der Waals surface area contributed by atoms with Gasteiger partial charge in [0, 0.05) is 17.7 Å². The van der Waals surface area contributed by atoms with Crippen molar-refractivity contribution in [3.63, 3.8) is 0 Å². The van der Waals surface area contributed by atoms with E-state index in [4.69, 9.17) is 9.84 Å². The molecule has 0 unspecified atom stereocenters. The number of aliphatic carboxylic acids is 1. The van der Waals surface area contributed by atoms with Crippen molar-refractivity contribution < 1.29 is 14.6 Å². The maximum absolute atomic E-state index is 10.6. The SMILES string of the molecule is CCOc1cccc(-c2ccc(CCC(=O)O)c(C)n2)c1. The van der Waals surface area contributed by atoms with Crippen LogP contribution >= 0.6 is 0 Å². The minimum Gasteiger partial charge on any atom is -0.494 e. The molecule has 1 aromatic carbocycles. The first-order valence-electron chi connectivity index (χ1n) is 7.01. The summed E-state index contributed by atoms with van der Waals surface area (Å²) in [5.74, 6) is 0.0345. The number of hydrogen-bond donors (Lipinski definition) is 1. The normalized spacial score (nSPS) is 10.4. The van der Waals surface area contributed by atoms with Crippen molar-refractivity contribution in [2.24, 2.45) is 0 Å². The van der Waals surface area contributed by atoms with Gasteiger partial charge in [0.05, 0.1) is 12.3 Å². The second kappa shape index (κ2) is 6.88. The molecule has 21 heavy (non-hydrogen) atoms. The fraction of sp³-hybridized carbons (Fsp3) is 0.294. The number of benzene rings is 1. The van der Waals surface area contributed by atoms with E-state index < -0.39 is 5.97 Å². The van der Waals surface area contributed by atoms with E-state index in [1.54, 1.807) is 0 Å². The number of pyridine rings is 1. The average molecular weight is 285 g/mol. The lowest BCUT2D eigenvalue weighted by Crippen LogP contribution is -2.01. The molecule has 2 aromatic rings. The summed E-state index contributed by atoms with van der Waals surface area (Å²) in [5.41, 5.74) is 3.71. The van der Waals surface area contributed by atoms with Gasteiger partial charge in [-0.3, -0.25) is 9.78 Å². The Bertz CT molecular complexity index is 638. The van der Waals surface area contributed by atoms with Crippen LogP contribution in [0, 0.1) is 6.92 Å². The molecule has 0 spiro atoms. The Kier molecular flexibility index (Phi) is 4.93. The zero-order valence-corrected chi connectivity index (χ0v) is 12.3. The summed E-state index contributed by atoms with van der Waals surface area (Å²) in [6, 6.07) is 11.7. The Hall–Kier alpha value is -2.36. The van der Waals surface area contributed by atoms with E-state index in [1.807, 2.05) is 50.2 Å². The van der Waals surface area contributed by atoms with Crippen molar-refractivity contribution in [2.45, 2.75) is 26.7 Å². The molecule has 0 aliphatic rings. The number of carboxylic acid groups (broad SMARTS) is 1. The summed E-state index contributed by atoms with van der Waals surface area (Å²) in [6.07, 6.45) is 0.634. The summed E-state index contributed by atoms with van der Waals surface area (Å²) in [7, 11) is 0. The summed E-state index contributed by atoms with van der Waals surface area (Å²) in [6.45, 7) is 4.49. The van der Waals surface area contributed by atoms with Crippen molar-refractivity contribution in [1.29, 1.82) is 0 Å². The lowest BCUT2D eigenvalue weighted by molar-refractivity contribution is -0.136. The van der Waals surface area contributed by atoms with E-state index in [2.05, 4.69) is 4.98 Å². The number of nitrogens with zero attached hydrogens (tertiary/aromatic N) is 1. The highest BCUT2D eigenvalue weighted by molar-refractivity contribution is 5.67. The number of carbonyl (C=O) groups is 1. The summed E-state index contributed by atoms with van der Waals surface area (Å²) in [4.78, 5) is 15.2. The molecule has 1 aromatic heterocycles. The van der Waals surface area contributed by atoms with Crippen LogP contribution in [0.2, 0.25) is 0 Å². The molecule has 0 amide bonds. The van der Waals surface area contributed by atoms with Crippen molar-refractivity contribution in [3.8, 4) is 17.0 Å². The number of aryl methyl sites for hydroxylation is 2. The van der Waals surface area contributed by atoms with Crippen LogP contribution in [0.15, 0.2) is 36.4 Å². The molecule has 0 aliphatic heterocycles. The lowest BCUT2D eigenvalue weighted by atomic mass is 10.1. The van der Waals surface area contributed by atoms with Gasteiger partial charge >= 0.3 is 5.97 Å². The molecular formula is C17H19NO3. The van der Waals surface area contributed by atoms with Crippen molar-refractivity contribution in [2.75, 3.05) is 6.61 Å². The summed E-state index contributed by atoms with van der Waals surface area (Å²) < 4.78 is 5.49. The van der Waals surface area contributed by atoms with E-state index in [-0.39, 0.29) is 6.42 Å². The number of carboxylic acids is 1. The van der Waals surface area contributed by atoms with E-state index in [0.29, 0.717) is 13.0 Å². The molecule has 0 atom stereocenters. The second-order valence-corrected chi connectivity index (χ2v) is 4.80. The minimum atomic E-state index is -0.789. The van der Waals surface area contributed by atoms with Gasteiger partial charge in [-0.2, -0.15) is 0 Å². The number of hydrogen-bond acceptors (Lipinski definition) is 3. The van der Waals surface area contributed by atoms with Crippen LogP contribution in [-0.2, 0) is 11.2 Å². The van der Waals surface area contributed by atoms with E-state index in [1.165, 1.54) is 0 Å². The Morgan fingerprint density at radius 1 is 1.29 bits per heavy atom. The highest BCUT2D eigenvalue weighted by Gasteiger charge is 2.07. The zero-order chi connectivity index (χ0) is 15.2. The smallest absolute Gasteiger partial charge is 0.303 e. The van der Waals surface area contributed by atoms with E-state index in [9.17, 15) is 4.79 Å². The maximum Gasteiger partial charge on any atom is 0.303 e. The molecule has 0 saturated heterocycles. The standard InChI is InChI=1S/C17H19NO3/c1-3-21-15-6-4-5-14(11-15)16-9-7-13(12(2)18-16)8-10-17(19)20/h4-7,9,11H,3,8,10H2,1-2H3,(H,19,20). The molecule has 4 heteroatoms. The zero-order valence-electron chi connectivity index (χ0n) is 12.3. The lowest BCUT2D eigenvalue weighted by Gasteiger charge is -2.09. The summed E-state index contributed by atoms with van der Waals surface area (Å²) in [5, 5.41) is 8.75. The first kappa shape index (κ1) is 15.0. The molecule has 4 nitrogen and oxygen atoms in total. The molecule has 0 radical (unpaired) electrons. The first-order valence-corrected chi connectivity index (χ1v) is 7.01. The van der Waals surface area contributed by atoms with Gasteiger partial charge in [0.25, 0.3) is 0 Å². The Labute approximate surface area is 124 Å². The molecule has 0 saturated carbocycles. The third-order valence-corrected chi connectivity index (χ3v) is 3.24. The van der Waals surface area contributed by atoms with Crippen LogP contribution in [-0.4, -0.2) is 22.7 Å². The molecule has 0 fully saturated rings.